The van der Waals surface area contributed by atoms with Gasteiger partial charge in [0.15, 0.2) is 0 Å². The van der Waals surface area contributed by atoms with Crippen molar-refractivity contribution in [3.63, 3.8) is 0 Å². The summed E-state index contributed by atoms with van der Waals surface area (Å²) in [6, 6.07) is 24.6. The number of carboxylic acid groups (broad SMARTS) is 1. The summed E-state index contributed by atoms with van der Waals surface area (Å²) in [6.07, 6.45) is -4.04. The monoisotopic (exact) mass is 505 g/mol. The second-order valence-electron chi connectivity index (χ2n) is 9.21. The Kier molecular flexibility index (Phi) is 7.62. The lowest BCUT2D eigenvalue weighted by Crippen LogP contribution is -2.14. The number of benzene rings is 3. The van der Waals surface area contributed by atoms with Gasteiger partial charge in [-0.1, -0.05) is 44.2 Å². The average Bonchev–Trinajstić information content (AvgIpc) is 2.87. The van der Waals surface area contributed by atoms with Crippen LogP contribution in [-0.2, 0) is 11.0 Å². The zero-order valence-electron chi connectivity index (χ0n) is 20.4. The number of aliphatic carboxylic acids is 1. The van der Waals surface area contributed by atoms with Crippen LogP contribution in [0.15, 0.2) is 91.0 Å². The summed E-state index contributed by atoms with van der Waals surface area (Å²) in [5, 5.41) is 9.94. The molecular formula is C30H26F3NO3. The number of pyridine rings is 1. The van der Waals surface area contributed by atoms with Gasteiger partial charge in [0, 0.05) is 11.1 Å². The number of carboxylic acids is 1. The maximum Gasteiger partial charge on any atom is 0.416 e. The number of rotatable bonds is 8. The molecule has 4 nitrogen and oxygen atoms in total. The van der Waals surface area contributed by atoms with Crippen molar-refractivity contribution in [1.29, 1.82) is 0 Å². The number of para-hydroxylation sites is 1. The average molecular weight is 506 g/mol. The van der Waals surface area contributed by atoms with E-state index >= 15 is 0 Å². The summed E-state index contributed by atoms with van der Waals surface area (Å²) in [6.45, 7) is 3.89. The molecule has 3 aromatic carbocycles. The zero-order chi connectivity index (χ0) is 26.6. The van der Waals surface area contributed by atoms with Crippen LogP contribution < -0.4 is 4.74 Å². The van der Waals surface area contributed by atoms with Crippen molar-refractivity contribution < 1.29 is 27.8 Å². The van der Waals surface area contributed by atoms with Gasteiger partial charge in [-0.3, -0.25) is 4.79 Å². The molecule has 0 amide bonds. The third kappa shape index (κ3) is 6.55. The first-order valence-electron chi connectivity index (χ1n) is 11.9. The van der Waals surface area contributed by atoms with E-state index in [1.54, 1.807) is 24.3 Å². The maximum atomic E-state index is 13.1. The first-order chi connectivity index (χ1) is 17.6. The van der Waals surface area contributed by atoms with Crippen LogP contribution in [0.4, 0.5) is 13.2 Å². The molecule has 0 aliphatic carbocycles. The molecule has 0 aliphatic heterocycles. The highest BCUT2D eigenvalue weighted by atomic mass is 19.4. The molecule has 1 N–H and O–H groups in total. The normalized spacial score (nSPS) is 12.4. The van der Waals surface area contributed by atoms with Crippen molar-refractivity contribution in [2.75, 3.05) is 0 Å². The van der Waals surface area contributed by atoms with Crippen molar-refractivity contribution in [2.24, 2.45) is 5.92 Å². The smallest absolute Gasteiger partial charge is 0.416 e. The molecule has 0 bridgehead atoms. The molecule has 0 radical (unpaired) electrons. The van der Waals surface area contributed by atoms with E-state index < -0.39 is 23.6 Å². The largest absolute Gasteiger partial charge is 0.481 e. The highest BCUT2D eigenvalue weighted by Crippen LogP contribution is 2.34. The molecule has 1 heterocycles. The summed E-state index contributed by atoms with van der Waals surface area (Å²) >= 11 is 0. The SMILES string of the molecule is CC(C)CC(C(=O)O)c1cc(-c2ccc(Oc3ccccc3)cc2)nc(-c2ccc(C(F)(F)F)cc2)c1. The van der Waals surface area contributed by atoms with Crippen LogP contribution in [0.3, 0.4) is 0 Å². The number of carbonyl (C=O) groups is 1. The Morgan fingerprint density at radius 3 is 1.84 bits per heavy atom. The van der Waals surface area contributed by atoms with Crippen molar-refractivity contribution in [2.45, 2.75) is 32.4 Å². The van der Waals surface area contributed by atoms with E-state index in [1.807, 2.05) is 56.3 Å². The minimum Gasteiger partial charge on any atom is -0.481 e. The Hall–Kier alpha value is -4.13. The molecule has 37 heavy (non-hydrogen) atoms. The van der Waals surface area contributed by atoms with Gasteiger partial charge in [-0.2, -0.15) is 13.2 Å². The molecule has 1 unspecified atom stereocenters. The van der Waals surface area contributed by atoms with Gasteiger partial charge in [-0.05, 0) is 78.6 Å². The highest BCUT2D eigenvalue weighted by molar-refractivity contribution is 5.78. The second-order valence-corrected chi connectivity index (χ2v) is 9.21. The quantitative estimate of drug-likeness (QED) is 0.261. The van der Waals surface area contributed by atoms with Gasteiger partial charge in [0.25, 0.3) is 0 Å². The molecular weight excluding hydrogens is 479 g/mol. The summed E-state index contributed by atoms with van der Waals surface area (Å²) < 4.78 is 45.0. The molecule has 0 saturated carbocycles. The van der Waals surface area contributed by atoms with E-state index in [2.05, 4.69) is 4.98 Å². The van der Waals surface area contributed by atoms with Crippen LogP contribution in [-0.4, -0.2) is 16.1 Å². The van der Waals surface area contributed by atoms with E-state index in [9.17, 15) is 23.1 Å². The first kappa shape index (κ1) is 25.9. The van der Waals surface area contributed by atoms with Gasteiger partial charge in [-0.15, -0.1) is 0 Å². The lowest BCUT2D eigenvalue weighted by Gasteiger charge is -2.18. The van der Waals surface area contributed by atoms with Gasteiger partial charge in [0.1, 0.15) is 11.5 Å². The predicted octanol–water partition coefficient (Wildman–Crippen LogP) is 8.44. The van der Waals surface area contributed by atoms with E-state index in [1.165, 1.54) is 12.1 Å². The first-order valence-corrected chi connectivity index (χ1v) is 11.9. The van der Waals surface area contributed by atoms with Crippen molar-refractivity contribution in [3.8, 4) is 34.0 Å². The van der Waals surface area contributed by atoms with Crippen molar-refractivity contribution >= 4 is 5.97 Å². The van der Waals surface area contributed by atoms with Crippen LogP contribution in [0.25, 0.3) is 22.5 Å². The molecule has 0 fully saturated rings. The number of hydrogen-bond acceptors (Lipinski definition) is 3. The Morgan fingerprint density at radius 2 is 1.35 bits per heavy atom. The lowest BCUT2D eigenvalue weighted by atomic mass is 9.89. The zero-order valence-corrected chi connectivity index (χ0v) is 20.4. The number of aromatic nitrogens is 1. The third-order valence-electron chi connectivity index (χ3n) is 5.89. The topological polar surface area (TPSA) is 59.4 Å². The number of hydrogen-bond donors (Lipinski definition) is 1. The van der Waals surface area contributed by atoms with Crippen molar-refractivity contribution in [3.05, 3.63) is 102 Å². The Labute approximate surface area is 213 Å². The minimum absolute atomic E-state index is 0.127. The molecule has 4 rings (SSSR count). The Morgan fingerprint density at radius 1 is 0.838 bits per heavy atom. The maximum absolute atomic E-state index is 13.1. The van der Waals surface area contributed by atoms with Crippen LogP contribution >= 0.6 is 0 Å². The van der Waals surface area contributed by atoms with E-state index in [0.717, 1.165) is 17.7 Å². The standard InChI is InChI=1S/C30H26F3NO3/c1-19(2)16-26(29(35)36)22-17-27(20-8-12-23(13-9-20)30(31,32)33)34-28(18-22)21-10-14-25(15-11-21)37-24-6-4-3-5-7-24/h3-15,17-19,26H,16H2,1-2H3,(H,35,36). The van der Waals surface area contributed by atoms with Gasteiger partial charge in [0.2, 0.25) is 0 Å². The van der Waals surface area contributed by atoms with E-state index in [-0.39, 0.29) is 5.92 Å². The molecule has 1 atom stereocenters. The molecule has 0 aliphatic rings. The van der Waals surface area contributed by atoms with Crippen molar-refractivity contribution in [1.82, 2.24) is 4.98 Å². The van der Waals surface area contributed by atoms with Crippen LogP contribution in [0, 0.1) is 5.92 Å². The molecule has 4 aromatic rings. The van der Waals surface area contributed by atoms with Crippen LogP contribution in [0.5, 0.6) is 11.5 Å². The van der Waals surface area contributed by atoms with Gasteiger partial charge >= 0.3 is 12.1 Å². The summed E-state index contributed by atoms with van der Waals surface area (Å²) in [4.78, 5) is 16.8. The Balaban J connectivity index is 1.75. The number of alkyl halides is 3. The fraction of sp³-hybridized carbons (Fsp3) is 0.200. The van der Waals surface area contributed by atoms with Crippen LogP contribution in [0.2, 0.25) is 0 Å². The molecule has 190 valence electrons. The highest BCUT2D eigenvalue weighted by Gasteiger charge is 2.30. The summed E-state index contributed by atoms with van der Waals surface area (Å²) in [5.74, 6) is -0.302. The second kappa shape index (κ2) is 10.9. The number of nitrogens with zero attached hydrogens (tertiary/aromatic N) is 1. The van der Waals surface area contributed by atoms with Gasteiger partial charge < -0.3 is 9.84 Å². The van der Waals surface area contributed by atoms with E-state index in [0.29, 0.717) is 40.4 Å². The molecule has 0 saturated heterocycles. The number of halogens is 3. The van der Waals surface area contributed by atoms with Gasteiger partial charge in [-0.25, -0.2) is 4.98 Å². The summed E-state index contributed by atoms with van der Waals surface area (Å²) in [7, 11) is 0. The minimum atomic E-state index is -4.45. The third-order valence-corrected chi connectivity index (χ3v) is 5.89. The molecule has 7 heteroatoms. The fourth-order valence-electron chi connectivity index (χ4n) is 4.05. The number of ether oxygens (including phenoxy) is 1. The Bertz CT molecular complexity index is 1350. The molecule has 1 aromatic heterocycles. The predicted molar refractivity (Wildman–Crippen MR) is 136 cm³/mol. The molecule has 0 spiro atoms. The van der Waals surface area contributed by atoms with Gasteiger partial charge in [0.05, 0.1) is 22.9 Å². The van der Waals surface area contributed by atoms with Crippen LogP contribution in [0.1, 0.15) is 37.3 Å². The fourth-order valence-corrected chi connectivity index (χ4v) is 4.05. The summed E-state index contributed by atoms with van der Waals surface area (Å²) in [5.41, 5.74) is 1.91. The lowest BCUT2D eigenvalue weighted by molar-refractivity contribution is -0.139. The van der Waals surface area contributed by atoms with E-state index in [4.69, 9.17) is 4.74 Å².